The summed E-state index contributed by atoms with van der Waals surface area (Å²) in [6, 6.07) is 8.98. The van der Waals surface area contributed by atoms with Gasteiger partial charge >= 0.3 is 0 Å². The number of carbonyl (C=O) groups is 1. The smallest absolute Gasteiger partial charge is 0.251 e. The van der Waals surface area contributed by atoms with Crippen molar-refractivity contribution >= 4 is 5.91 Å². The van der Waals surface area contributed by atoms with Gasteiger partial charge in [-0.3, -0.25) is 4.79 Å². The highest BCUT2D eigenvalue weighted by Crippen LogP contribution is 2.33. The van der Waals surface area contributed by atoms with E-state index in [1.807, 2.05) is 13.0 Å². The van der Waals surface area contributed by atoms with Crippen molar-refractivity contribution in [1.82, 2.24) is 5.32 Å². The van der Waals surface area contributed by atoms with Crippen LogP contribution in [0.5, 0.6) is 0 Å². The molecule has 1 fully saturated rings. The Bertz CT molecular complexity index is 440. The van der Waals surface area contributed by atoms with Crippen LogP contribution in [0, 0.1) is 17.2 Å². The molecule has 0 bridgehead atoms. The molecule has 1 unspecified atom stereocenters. The second-order valence-electron chi connectivity index (χ2n) is 4.74. The summed E-state index contributed by atoms with van der Waals surface area (Å²) in [6.45, 7) is 2.04. The zero-order valence-corrected chi connectivity index (χ0v) is 9.94. The van der Waals surface area contributed by atoms with Crippen molar-refractivity contribution in [3.8, 4) is 6.07 Å². The first kappa shape index (κ1) is 11.7. The number of carbonyl (C=O) groups excluding carboxylic acids is 1. The lowest BCUT2D eigenvalue weighted by atomic mass is 10.1. The number of hydrogen-bond donors (Lipinski definition) is 1. The first-order chi connectivity index (χ1) is 8.19. The van der Waals surface area contributed by atoms with E-state index in [-0.39, 0.29) is 11.9 Å². The molecule has 1 aromatic rings. The Morgan fingerprint density at radius 3 is 2.65 bits per heavy atom. The molecular formula is C14H16N2O. The summed E-state index contributed by atoms with van der Waals surface area (Å²) >= 11 is 0. The molecule has 1 aliphatic rings. The van der Waals surface area contributed by atoms with Gasteiger partial charge in [0.1, 0.15) is 0 Å². The number of nitrogens with zero attached hydrogens (tertiary/aromatic N) is 1. The maximum absolute atomic E-state index is 11.9. The number of amides is 1. The van der Waals surface area contributed by atoms with Gasteiger partial charge in [-0.1, -0.05) is 12.8 Å². The van der Waals surface area contributed by atoms with Crippen LogP contribution in [0.4, 0.5) is 0 Å². The Kier molecular flexibility index (Phi) is 3.43. The molecule has 0 spiro atoms. The van der Waals surface area contributed by atoms with Crippen molar-refractivity contribution in [2.45, 2.75) is 32.2 Å². The minimum absolute atomic E-state index is 0.0531. The van der Waals surface area contributed by atoms with Gasteiger partial charge in [-0.25, -0.2) is 0 Å². The predicted molar refractivity (Wildman–Crippen MR) is 65.4 cm³/mol. The van der Waals surface area contributed by atoms with Crippen LogP contribution in [0.25, 0.3) is 0 Å². The summed E-state index contributed by atoms with van der Waals surface area (Å²) in [6.07, 6.45) is 3.68. The lowest BCUT2D eigenvalue weighted by Gasteiger charge is -2.13. The fourth-order valence-corrected chi connectivity index (χ4v) is 1.92. The number of hydrogen-bond acceptors (Lipinski definition) is 2. The highest BCUT2D eigenvalue weighted by atomic mass is 16.1. The molecule has 3 heteroatoms. The monoisotopic (exact) mass is 228 g/mol. The molecule has 1 amide bonds. The first-order valence-electron chi connectivity index (χ1n) is 6.00. The number of nitriles is 1. The van der Waals surface area contributed by atoms with Crippen molar-refractivity contribution in [3.05, 3.63) is 35.4 Å². The van der Waals surface area contributed by atoms with E-state index in [9.17, 15) is 4.79 Å². The van der Waals surface area contributed by atoms with Crippen molar-refractivity contribution in [2.24, 2.45) is 5.92 Å². The summed E-state index contributed by atoms with van der Waals surface area (Å²) in [5.74, 6) is 0.758. The topological polar surface area (TPSA) is 52.9 Å². The molecule has 2 rings (SSSR count). The molecule has 88 valence electrons. The van der Waals surface area contributed by atoms with E-state index < -0.39 is 0 Å². The van der Waals surface area contributed by atoms with Crippen LogP contribution >= 0.6 is 0 Å². The fraction of sp³-hybridized carbons (Fsp3) is 0.429. The van der Waals surface area contributed by atoms with Gasteiger partial charge in [0.25, 0.3) is 5.91 Å². The Morgan fingerprint density at radius 1 is 1.47 bits per heavy atom. The summed E-state index contributed by atoms with van der Waals surface area (Å²) < 4.78 is 0. The maximum Gasteiger partial charge on any atom is 0.251 e. The quantitative estimate of drug-likeness (QED) is 0.860. The van der Waals surface area contributed by atoms with E-state index >= 15 is 0 Å². The third-order valence-electron chi connectivity index (χ3n) is 3.04. The van der Waals surface area contributed by atoms with E-state index in [0.29, 0.717) is 11.1 Å². The maximum atomic E-state index is 11.9. The standard InChI is InChI=1S/C14H16N2O/c1-10(8-11-2-3-11)16-14(17)13-6-4-12(9-15)5-7-13/h4-7,10-11H,2-3,8H2,1H3,(H,16,17). The van der Waals surface area contributed by atoms with E-state index in [1.54, 1.807) is 24.3 Å². The highest BCUT2D eigenvalue weighted by Gasteiger charge is 2.24. The van der Waals surface area contributed by atoms with E-state index in [4.69, 9.17) is 5.26 Å². The lowest BCUT2D eigenvalue weighted by Crippen LogP contribution is -2.32. The largest absolute Gasteiger partial charge is 0.350 e. The third kappa shape index (κ3) is 3.32. The Labute approximate surface area is 101 Å². The Hall–Kier alpha value is -1.82. The minimum atomic E-state index is -0.0531. The third-order valence-corrected chi connectivity index (χ3v) is 3.04. The average molecular weight is 228 g/mol. The van der Waals surface area contributed by atoms with Crippen LogP contribution in [0.1, 0.15) is 42.1 Å². The second-order valence-corrected chi connectivity index (χ2v) is 4.74. The van der Waals surface area contributed by atoms with Crippen LogP contribution in [0.15, 0.2) is 24.3 Å². The number of nitrogens with one attached hydrogen (secondary N) is 1. The predicted octanol–water partition coefficient (Wildman–Crippen LogP) is 2.48. The summed E-state index contributed by atoms with van der Waals surface area (Å²) in [4.78, 5) is 11.9. The van der Waals surface area contributed by atoms with Crippen molar-refractivity contribution in [3.63, 3.8) is 0 Å². The van der Waals surface area contributed by atoms with Crippen molar-refractivity contribution in [2.75, 3.05) is 0 Å². The number of benzene rings is 1. The SMILES string of the molecule is CC(CC1CC1)NC(=O)c1ccc(C#N)cc1. The van der Waals surface area contributed by atoms with Crippen molar-refractivity contribution in [1.29, 1.82) is 5.26 Å². The van der Waals surface area contributed by atoms with Gasteiger partial charge in [-0.2, -0.15) is 5.26 Å². The Morgan fingerprint density at radius 2 is 2.12 bits per heavy atom. The van der Waals surface area contributed by atoms with Gasteiger partial charge in [0, 0.05) is 11.6 Å². The molecule has 0 radical (unpaired) electrons. The molecule has 1 aliphatic carbocycles. The van der Waals surface area contributed by atoms with Crippen LogP contribution in [-0.4, -0.2) is 11.9 Å². The molecular weight excluding hydrogens is 212 g/mol. The summed E-state index contributed by atoms with van der Waals surface area (Å²) in [7, 11) is 0. The summed E-state index contributed by atoms with van der Waals surface area (Å²) in [5, 5.41) is 11.7. The van der Waals surface area contributed by atoms with Crippen LogP contribution < -0.4 is 5.32 Å². The molecule has 1 saturated carbocycles. The van der Waals surface area contributed by atoms with E-state index in [2.05, 4.69) is 5.32 Å². The van der Waals surface area contributed by atoms with Gasteiger partial charge in [0.15, 0.2) is 0 Å². The zero-order valence-electron chi connectivity index (χ0n) is 9.94. The molecule has 0 saturated heterocycles. The van der Waals surface area contributed by atoms with E-state index in [0.717, 1.165) is 12.3 Å². The van der Waals surface area contributed by atoms with Crippen LogP contribution in [0.2, 0.25) is 0 Å². The second kappa shape index (κ2) is 5.01. The van der Waals surface area contributed by atoms with Crippen molar-refractivity contribution < 1.29 is 4.79 Å². The van der Waals surface area contributed by atoms with E-state index in [1.165, 1.54) is 12.8 Å². The molecule has 1 atom stereocenters. The average Bonchev–Trinajstić information content (AvgIpc) is 3.12. The zero-order chi connectivity index (χ0) is 12.3. The van der Waals surface area contributed by atoms with Gasteiger partial charge in [-0.05, 0) is 43.5 Å². The fourth-order valence-electron chi connectivity index (χ4n) is 1.92. The molecule has 1 aromatic carbocycles. The number of rotatable bonds is 4. The molecule has 3 nitrogen and oxygen atoms in total. The first-order valence-corrected chi connectivity index (χ1v) is 6.00. The molecule has 0 heterocycles. The Balaban J connectivity index is 1.91. The highest BCUT2D eigenvalue weighted by molar-refractivity contribution is 5.94. The molecule has 17 heavy (non-hydrogen) atoms. The van der Waals surface area contributed by atoms with Crippen LogP contribution in [-0.2, 0) is 0 Å². The van der Waals surface area contributed by atoms with Gasteiger partial charge < -0.3 is 5.32 Å². The van der Waals surface area contributed by atoms with Gasteiger partial charge in [0.05, 0.1) is 11.6 Å². The molecule has 0 aliphatic heterocycles. The van der Waals surface area contributed by atoms with Gasteiger partial charge in [0.2, 0.25) is 0 Å². The summed E-state index contributed by atoms with van der Waals surface area (Å²) in [5.41, 5.74) is 1.19. The minimum Gasteiger partial charge on any atom is -0.350 e. The van der Waals surface area contributed by atoms with Gasteiger partial charge in [-0.15, -0.1) is 0 Å². The molecule has 1 N–H and O–H groups in total. The van der Waals surface area contributed by atoms with Crippen LogP contribution in [0.3, 0.4) is 0 Å². The molecule has 0 aromatic heterocycles. The lowest BCUT2D eigenvalue weighted by molar-refractivity contribution is 0.0937. The normalized spacial score (nSPS) is 16.0.